The van der Waals surface area contributed by atoms with E-state index in [2.05, 4.69) is 11.1 Å². The summed E-state index contributed by atoms with van der Waals surface area (Å²) in [5.74, 6) is -0.301. The van der Waals surface area contributed by atoms with Crippen LogP contribution in [0.4, 0.5) is 0 Å². The molecule has 0 fully saturated rings. The van der Waals surface area contributed by atoms with Crippen LogP contribution >= 0.6 is 0 Å². The van der Waals surface area contributed by atoms with Crippen molar-refractivity contribution in [3.8, 4) is 0 Å². The van der Waals surface area contributed by atoms with Gasteiger partial charge in [0.15, 0.2) is 0 Å². The molecular weight excluding hydrogens is 224 g/mol. The monoisotopic (exact) mass is 248 g/mol. The standard InChI is InChI=1S/C15H24N2O/c16-15(18)13-9-7-5-3-1-2-4-6-8-12-10-11-17-14(12)13/h10-11,13,17H,1-9H2,(H2,16,18). The van der Waals surface area contributed by atoms with Crippen LogP contribution in [0.5, 0.6) is 0 Å². The SMILES string of the molecule is NC(=O)C1CCCCCCCCCc2cc[nH]c21. The van der Waals surface area contributed by atoms with Crippen LogP contribution in [0.3, 0.4) is 0 Å². The predicted molar refractivity (Wildman–Crippen MR) is 73.4 cm³/mol. The number of aromatic nitrogens is 1. The second kappa shape index (κ2) is 6.62. The molecule has 18 heavy (non-hydrogen) atoms. The van der Waals surface area contributed by atoms with Crippen molar-refractivity contribution in [3.05, 3.63) is 23.5 Å². The third-order valence-corrected chi connectivity index (χ3v) is 4.00. The van der Waals surface area contributed by atoms with E-state index in [0.29, 0.717) is 0 Å². The Labute approximate surface area is 109 Å². The zero-order valence-corrected chi connectivity index (χ0v) is 11.1. The molecule has 0 saturated heterocycles. The van der Waals surface area contributed by atoms with E-state index >= 15 is 0 Å². The molecule has 0 aliphatic heterocycles. The number of aryl methyl sites for hydroxylation is 1. The highest BCUT2D eigenvalue weighted by atomic mass is 16.1. The first-order chi connectivity index (χ1) is 8.79. The van der Waals surface area contributed by atoms with Gasteiger partial charge in [-0.05, 0) is 30.9 Å². The minimum absolute atomic E-state index is 0.116. The molecule has 3 heteroatoms. The Balaban J connectivity index is 2.14. The minimum Gasteiger partial charge on any atom is -0.369 e. The third-order valence-electron chi connectivity index (χ3n) is 4.00. The summed E-state index contributed by atoms with van der Waals surface area (Å²) >= 11 is 0. The van der Waals surface area contributed by atoms with Crippen molar-refractivity contribution in [2.45, 2.75) is 63.7 Å². The summed E-state index contributed by atoms with van der Waals surface area (Å²) in [5.41, 5.74) is 7.93. The number of fused-ring (bicyclic) bond motifs is 1. The van der Waals surface area contributed by atoms with Crippen molar-refractivity contribution in [1.82, 2.24) is 4.98 Å². The second-order valence-electron chi connectivity index (χ2n) is 5.39. The number of nitrogens with two attached hydrogens (primary N) is 1. The van der Waals surface area contributed by atoms with Crippen molar-refractivity contribution in [2.24, 2.45) is 5.73 Å². The van der Waals surface area contributed by atoms with Crippen molar-refractivity contribution in [3.63, 3.8) is 0 Å². The molecule has 1 aliphatic rings. The molecule has 0 aromatic carbocycles. The Bertz CT molecular complexity index is 384. The van der Waals surface area contributed by atoms with Crippen LogP contribution < -0.4 is 5.73 Å². The Morgan fingerprint density at radius 3 is 2.50 bits per heavy atom. The first-order valence-electron chi connectivity index (χ1n) is 7.24. The fourth-order valence-electron chi connectivity index (χ4n) is 2.93. The van der Waals surface area contributed by atoms with Gasteiger partial charge in [0.1, 0.15) is 0 Å². The molecule has 0 radical (unpaired) electrons. The van der Waals surface area contributed by atoms with Crippen molar-refractivity contribution >= 4 is 5.91 Å². The van der Waals surface area contributed by atoms with E-state index in [1.165, 1.54) is 44.1 Å². The van der Waals surface area contributed by atoms with Gasteiger partial charge in [-0.2, -0.15) is 0 Å². The van der Waals surface area contributed by atoms with E-state index in [0.717, 1.165) is 25.0 Å². The molecule has 1 unspecified atom stereocenters. The van der Waals surface area contributed by atoms with Crippen LogP contribution in [0.15, 0.2) is 12.3 Å². The van der Waals surface area contributed by atoms with Crippen LogP contribution in [0.25, 0.3) is 0 Å². The first kappa shape index (κ1) is 13.2. The molecule has 2 rings (SSSR count). The molecule has 1 heterocycles. The minimum atomic E-state index is -0.184. The van der Waals surface area contributed by atoms with Gasteiger partial charge in [-0.3, -0.25) is 4.79 Å². The van der Waals surface area contributed by atoms with E-state index in [4.69, 9.17) is 5.73 Å². The van der Waals surface area contributed by atoms with Crippen LogP contribution in [0.1, 0.15) is 68.5 Å². The van der Waals surface area contributed by atoms with Gasteiger partial charge in [0.05, 0.1) is 5.92 Å². The molecule has 1 aromatic rings. The summed E-state index contributed by atoms with van der Waals surface area (Å²) in [6.45, 7) is 0. The fourth-order valence-corrected chi connectivity index (χ4v) is 2.93. The molecule has 100 valence electrons. The van der Waals surface area contributed by atoms with Gasteiger partial charge in [0.2, 0.25) is 5.91 Å². The van der Waals surface area contributed by atoms with Crippen molar-refractivity contribution in [2.75, 3.05) is 0 Å². The maximum absolute atomic E-state index is 11.6. The van der Waals surface area contributed by atoms with Gasteiger partial charge < -0.3 is 10.7 Å². The van der Waals surface area contributed by atoms with Crippen LogP contribution in [-0.4, -0.2) is 10.9 Å². The van der Waals surface area contributed by atoms with Crippen LogP contribution in [0, 0.1) is 0 Å². The van der Waals surface area contributed by atoms with Crippen molar-refractivity contribution in [1.29, 1.82) is 0 Å². The molecule has 1 aliphatic carbocycles. The molecule has 0 saturated carbocycles. The lowest BCUT2D eigenvalue weighted by molar-refractivity contribution is -0.119. The lowest BCUT2D eigenvalue weighted by atomic mass is 9.91. The lowest BCUT2D eigenvalue weighted by Gasteiger charge is -2.15. The van der Waals surface area contributed by atoms with E-state index in [9.17, 15) is 4.79 Å². The summed E-state index contributed by atoms with van der Waals surface area (Å²) in [5, 5.41) is 0. The molecule has 1 atom stereocenters. The van der Waals surface area contributed by atoms with E-state index in [1.54, 1.807) is 0 Å². The molecule has 0 spiro atoms. The lowest BCUT2D eigenvalue weighted by Crippen LogP contribution is -2.22. The highest BCUT2D eigenvalue weighted by Crippen LogP contribution is 2.26. The smallest absolute Gasteiger partial charge is 0.226 e. The first-order valence-corrected chi connectivity index (χ1v) is 7.24. The summed E-state index contributed by atoms with van der Waals surface area (Å²) in [7, 11) is 0. The summed E-state index contributed by atoms with van der Waals surface area (Å²) in [6, 6.07) is 2.11. The van der Waals surface area contributed by atoms with Gasteiger partial charge in [-0.25, -0.2) is 0 Å². The number of amides is 1. The van der Waals surface area contributed by atoms with Gasteiger partial charge in [-0.15, -0.1) is 0 Å². The maximum atomic E-state index is 11.6. The Morgan fingerprint density at radius 1 is 1.11 bits per heavy atom. The van der Waals surface area contributed by atoms with Gasteiger partial charge >= 0.3 is 0 Å². The van der Waals surface area contributed by atoms with Crippen molar-refractivity contribution < 1.29 is 4.79 Å². The fraction of sp³-hybridized carbons (Fsp3) is 0.667. The number of carbonyl (C=O) groups is 1. The van der Waals surface area contributed by atoms with E-state index in [1.807, 2.05) is 6.20 Å². The van der Waals surface area contributed by atoms with Gasteiger partial charge in [0, 0.05) is 11.9 Å². The highest BCUT2D eigenvalue weighted by molar-refractivity contribution is 5.81. The van der Waals surface area contributed by atoms with Gasteiger partial charge in [-0.1, -0.05) is 38.5 Å². The van der Waals surface area contributed by atoms with Gasteiger partial charge in [0.25, 0.3) is 0 Å². The number of aromatic amines is 1. The maximum Gasteiger partial charge on any atom is 0.226 e. The largest absolute Gasteiger partial charge is 0.369 e. The Hall–Kier alpha value is -1.25. The number of H-pyrrole nitrogens is 1. The number of nitrogens with one attached hydrogen (secondary N) is 1. The molecule has 3 N–H and O–H groups in total. The molecule has 3 nitrogen and oxygen atoms in total. The molecule has 1 aromatic heterocycles. The van der Waals surface area contributed by atoms with E-state index < -0.39 is 0 Å². The quantitative estimate of drug-likeness (QED) is 0.787. The summed E-state index contributed by atoms with van der Waals surface area (Å²) in [6.07, 6.45) is 12.7. The topological polar surface area (TPSA) is 58.9 Å². The average molecular weight is 248 g/mol. The van der Waals surface area contributed by atoms with Crippen LogP contribution in [0.2, 0.25) is 0 Å². The third kappa shape index (κ3) is 3.37. The summed E-state index contributed by atoms with van der Waals surface area (Å²) < 4.78 is 0. The number of hydrogen-bond acceptors (Lipinski definition) is 1. The zero-order chi connectivity index (χ0) is 12.8. The highest BCUT2D eigenvalue weighted by Gasteiger charge is 2.21. The zero-order valence-electron chi connectivity index (χ0n) is 11.1. The number of rotatable bonds is 1. The molecule has 0 bridgehead atoms. The normalized spacial score (nSPS) is 22.6. The number of hydrogen-bond donors (Lipinski definition) is 2. The Kier molecular flexibility index (Phi) is 4.85. The Morgan fingerprint density at radius 2 is 1.78 bits per heavy atom. The van der Waals surface area contributed by atoms with Crippen LogP contribution in [-0.2, 0) is 11.2 Å². The van der Waals surface area contributed by atoms with E-state index in [-0.39, 0.29) is 11.8 Å². The molecule has 1 amide bonds. The summed E-state index contributed by atoms with van der Waals surface area (Å²) in [4.78, 5) is 14.9. The molecular formula is C15H24N2O. The second-order valence-corrected chi connectivity index (χ2v) is 5.39. The number of primary amides is 1. The predicted octanol–water partition coefficient (Wildman–Crippen LogP) is 3.26. The average Bonchev–Trinajstić information content (AvgIpc) is 2.77. The number of carbonyl (C=O) groups excluding carboxylic acids is 1.